The average Bonchev–Trinajstić information content (AvgIpc) is 3.64. The van der Waals surface area contributed by atoms with Gasteiger partial charge in [0, 0.05) is 22.0 Å². The fourth-order valence-corrected chi connectivity index (χ4v) is 4.41. The number of hydrogen-bond donors (Lipinski definition) is 2. The van der Waals surface area contributed by atoms with E-state index in [1.807, 2.05) is 0 Å². The van der Waals surface area contributed by atoms with Crippen molar-refractivity contribution in [3.05, 3.63) is 83.6 Å². The van der Waals surface area contributed by atoms with Gasteiger partial charge >= 0.3 is 6.18 Å². The number of carbonyl (C=O) groups excluding carboxylic acids is 2. The molecule has 4 heterocycles. The number of alkyl halides is 5. The van der Waals surface area contributed by atoms with Gasteiger partial charge in [0.05, 0.1) is 47.3 Å². The SMILES string of the molecule is O=C(Nc1ccc(-n2nccn2)c(C(F)F)c1)c1cnn(-c2cnc3c4c(cccc24)C(=O)N3)c1C(F)(F)F. The smallest absolute Gasteiger partial charge is 0.322 e. The molecule has 0 bridgehead atoms. The van der Waals surface area contributed by atoms with E-state index < -0.39 is 41.2 Å². The van der Waals surface area contributed by atoms with Crippen molar-refractivity contribution in [2.75, 3.05) is 10.6 Å². The zero-order chi connectivity index (χ0) is 27.5. The number of rotatable bonds is 5. The maximum atomic E-state index is 14.3. The molecule has 1 aliphatic rings. The molecule has 2 N–H and O–H groups in total. The van der Waals surface area contributed by atoms with E-state index in [1.165, 1.54) is 42.7 Å². The van der Waals surface area contributed by atoms with Gasteiger partial charge in [-0.3, -0.25) is 9.59 Å². The molecule has 0 unspecified atom stereocenters. The highest BCUT2D eigenvalue weighted by Crippen LogP contribution is 2.39. The van der Waals surface area contributed by atoms with Gasteiger partial charge in [-0.15, -0.1) is 0 Å². The third-order valence-corrected chi connectivity index (χ3v) is 6.03. The Bertz CT molecular complexity index is 1780. The van der Waals surface area contributed by atoms with Crippen molar-refractivity contribution in [1.82, 2.24) is 29.8 Å². The van der Waals surface area contributed by atoms with Crippen LogP contribution in [-0.4, -0.2) is 41.6 Å². The molecule has 0 aliphatic carbocycles. The van der Waals surface area contributed by atoms with Gasteiger partial charge in [0.1, 0.15) is 5.82 Å². The number of nitrogens with one attached hydrogen (secondary N) is 2. The van der Waals surface area contributed by atoms with Crippen molar-refractivity contribution in [2.45, 2.75) is 12.6 Å². The predicted molar refractivity (Wildman–Crippen MR) is 126 cm³/mol. The van der Waals surface area contributed by atoms with Crippen LogP contribution in [0.2, 0.25) is 0 Å². The highest BCUT2D eigenvalue weighted by molar-refractivity contribution is 6.24. The van der Waals surface area contributed by atoms with E-state index >= 15 is 0 Å². The molecule has 0 saturated heterocycles. The summed E-state index contributed by atoms with van der Waals surface area (Å²) in [5.74, 6) is -1.49. The zero-order valence-electron chi connectivity index (χ0n) is 19.2. The van der Waals surface area contributed by atoms with Gasteiger partial charge in [-0.25, -0.2) is 18.4 Å². The number of aromatic nitrogens is 6. The Hall–Kier alpha value is -5.21. The van der Waals surface area contributed by atoms with Gasteiger partial charge in [0.25, 0.3) is 18.2 Å². The average molecular weight is 540 g/mol. The largest absolute Gasteiger partial charge is 0.434 e. The van der Waals surface area contributed by atoms with E-state index in [0.717, 1.165) is 23.3 Å². The van der Waals surface area contributed by atoms with Crippen molar-refractivity contribution in [1.29, 1.82) is 0 Å². The fourth-order valence-electron chi connectivity index (χ4n) is 4.41. The Kier molecular flexibility index (Phi) is 5.37. The Morgan fingerprint density at radius 1 is 1.00 bits per heavy atom. The van der Waals surface area contributed by atoms with Gasteiger partial charge in [-0.2, -0.15) is 33.3 Å². The van der Waals surface area contributed by atoms with Crippen LogP contribution in [0.4, 0.5) is 33.5 Å². The zero-order valence-corrected chi connectivity index (χ0v) is 19.2. The highest BCUT2D eigenvalue weighted by Gasteiger charge is 2.41. The molecule has 1 aliphatic heterocycles. The summed E-state index contributed by atoms with van der Waals surface area (Å²) < 4.78 is 70.8. The third kappa shape index (κ3) is 3.94. The van der Waals surface area contributed by atoms with Crippen LogP contribution in [0.3, 0.4) is 0 Å². The van der Waals surface area contributed by atoms with Gasteiger partial charge in [0.2, 0.25) is 0 Å². The summed E-state index contributed by atoms with van der Waals surface area (Å²) in [4.78, 5) is 30.2. The highest BCUT2D eigenvalue weighted by atomic mass is 19.4. The molecule has 2 aromatic carbocycles. The standard InChI is InChI=1S/C24H13F5N8O2/c25-20(26)14-8-11(4-5-16(14)37-31-6-7-32-37)34-23(39)15-9-33-36(19(15)24(27,28)29)17-10-30-21-18-12(17)2-1-3-13(18)22(38)35-21/h1-10,20H,(H,34,39)(H,30,35,38). The Balaban J connectivity index is 1.41. The van der Waals surface area contributed by atoms with Gasteiger partial charge in [0.15, 0.2) is 5.69 Å². The number of nitrogens with zero attached hydrogens (tertiary/aromatic N) is 6. The quantitative estimate of drug-likeness (QED) is 0.310. The minimum absolute atomic E-state index is 0.0654. The Morgan fingerprint density at radius 2 is 1.77 bits per heavy atom. The topological polar surface area (TPSA) is 120 Å². The summed E-state index contributed by atoms with van der Waals surface area (Å²) in [6, 6.07) is 7.88. The molecule has 0 fully saturated rings. The Labute approximate surface area is 214 Å². The summed E-state index contributed by atoms with van der Waals surface area (Å²) in [5.41, 5.74) is -2.93. The molecule has 0 spiro atoms. The summed E-state index contributed by atoms with van der Waals surface area (Å²) in [6.45, 7) is 0. The number of halogens is 5. The van der Waals surface area contributed by atoms with Crippen molar-refractivity contribution in [2.24, 2.45) is 0 Å². The van der Waals surface area contributed by atoms with E-state index in [1.54, 1.807) is 0 Å². The first-order valence-corrected chi connectivity index (χ1v) is 11.1. The van der Waals surface area contributed by atoms with Crippen molar-refractivity contribution >= 4 is 34.1 Å². The van der Waals surface area contributed by atoms with E-state index in [2.05, 4.69) is 30.9 Å². The lowest BCUT2D eigenvalue weighted by atomic mass is 10.1. The number of benzene rings is 2. The van der Waals surface area contributed by atoms with Crippen LogP contribution in [0.15, 0.2) is 61.2 Å². The monoisotopic (exact) mass is 540 g/mol. The lowest BCUT2D eigenvalue weighted by Gasteiger charge is -2.15. The second kappa shape index (κ2) is 8.68. The van der Waals surface area contributed by atoms with Crippen molar-refractivity contribution in [3.8, 4) is 11.4 Å². The molecular weight excluding hydrogens is 527 g/mol. The van der Waals surface area contributed by atoms with Crippen molar-refractivity contribution in [3.63, 3.8) is 0 Å². The maximum absolute atomic E-state index is 14.3. The van der Waals surface area contributed by atoms with Crippen LogP contribution in [0.1, 0.15) is 38.4 Å². The van der Waals surface area contributed by atoms with Crippen LogP contribution in [-0.2, 0) is 6.18 Å². The lowest BCUT2D eigenvalue weighted by molar-refractivity contribution is -0.143. The molecule has 0 atom stereocenters. The minimum Gasteiger partial charge on any atom is -0.322 e. The van der Waals surface area contributed by atoms with Gasteiger partial charge < -0.3 is 10.6 Å². The first kappa shape index (κ1) is 24.1. The molecule has 0 radical (unpaired) electrons. The number of pyridine rings is 1. The number of amides is 2. The summed E-state index contributed by atoms with van der Waals surface area (Å²) in [5, 5.41) is 16.7. The molecule has 15 heteroatoms. The number of hydrogen-bond acceptors (Lipinski definition) is 6. The molecule has 196 valence electrons. The first-order chi connectivity index (χ1) is 18.6. The molecule has 10 nitrogen and oxygen atoms in total. The molecule has 5 aromatic rings. The fraction of sp³-hybridized carbons (Fsp3) is 0.0833. The first-order valence-electron chi connectivity index (χ1n) is 11.1. The van der Waals surface area contributed by atoms with Gasteiger partial charge in [-0.05, 0) is 24.3 Å². The summed E-state index contributed by atoms with van der Waals surface area (Å²) >= 11 is 0. The molecule has 3 aromatic heterocycles. The van der Waals surface area contributed by atoms with E-state index in [4.69, 9.17) is 0 Å². The lowest BCUT2D eigenvalue weighted by Crippen LogP contribution is -2.21. The predicted octanol–water partition coefficient (Wildman–Crippen LogP) is 4.78. The molecule has 0 saturated carbocycles. The maximum Gasteiger partial charge on any atom is 0.434 e. The summed E-state index contributed by atoms with van der Waals surface area (Å²) in [7, 11) is 0. The minimum atomic E-state index is -5.05. The van der Waals surface area contributed by atoms with E-state index in [9.17, 15) is 31.5 Å². The summed E-state index contributed by atoms with van der Waals surface area (Å²) in [6.07, 6.45) is -3.65. The van der Waals surface area contributed by atoms with Crippen LogP contribution < -0.4 is 10.6 Å². The molecule has 2 amide bonds. The second-order valence-corrected chi connectivity index (χ2v) is 8.34. The van der Waals surface area contributed by atoms with E-state index in [0.29, 0.717) is 10.1 Å². The molecular formula is C24H13F5N8O2. The van der Waals surface area contributed by atoms with Crippen LogP contribution >= 0.6 is 0 Å². The normalized spacial score (nSPS) is 12.8. The second-order valence-electron chi connectivity index (χ2n) is 8.34. The van der Waals surface area contributed by atoms with Crippen LogP contribution in [0.25, 0.3) is 22.1 Å². The van der Waals surface area contributed by atoms with Crippen LogP contribution in [0.5, 0.6) is 0 Å². The third-order valence-electron chi connectivity index (χ3n) is 6.03. The Morgan fingerprint density at radius 3 is 2.49 bits per heavy atom. The molecule has 39 heavy (non-hydrogen) atoms. The van der Waals surface area contributed by atoms with Gasteiger partial charge in [-0.1, -0.05) is 12.1 Å². The number of carbonyl (C=O) groups is 2. The van der Waals surface area contributed by atoms with E-state index in [-0.39, 0.29) is 33.8 Å². The molecule has 6 rings (SSSR count). The van der Waals surface area contributed by atoms with Crippen molar-refractivity contribution < 1.29 is 31.5 Å². The number of anilines is 2. The van der Waals surface area contributed by atoms with Crippen LogP contribution in [0, 0.1) is 0 Å².